The Labute approximate surface area is 125 Å². The third-order valence-corrected chi connectivity index (χ3v) is 6.94. The molecule has 1 aromatic carbocycles. The van der Waals surface area contributed by atoms with E-state index in [1.807, 2.05) is 6.07 Å². The molecule has 8 heteroatoms. The average molecular weight is 332 g/mol. The van der Waals surface area contributed by atoms with Crippen LogP contribution >= 0.6 is 0 Å². The van der Waals surface area contributed by atoms with Crippen molar-refractivity contribution in [1.29, 1.82) is 0 Å². The van der Waals surface area contributed by atoms with Gasteiger partial charge in [0.1, 0.15) is 9.84 Å². The molecule has 6 nitrogen and oxygen atoms in total. The highest BCUT2D eigenvalue weighted by Gasteiger charge is 2.24. The fourth-order valence-corrected chi connectivity index (χ4v) is 4.84. The van der Waals surface area contributed by atoms with E-state index in [-0.39, 0.29) is 22.4 Å². The first-order chi connectivity index (χ1) is 9.73. The number of benzene rings is 1. The number of hydrogen-bond acceptors (Lipinski definition) is 5. The molecule has 0 aromatic heterocycles. The van der Waals surface area contributed by atoms with Crippen molar-refractivity contribution in [3.63, 3.8) is 0 Å². The Morgan fingerprint density at radius 2 is 1.81 bits per heavy atom. The average Bonchev–Trinajstić information content (AvgIpc) is 2.43. The van der Waals surface area contributed by atoms with Gasteiger partial charge in [0, 0.05) is 11.7 Å². The Balaban J connectivity index is 2.17. The van der Waals surface area contributed by atoms with Crippen molar-refractivity contribution in [3.05, 3.63) is 23.8 Å². The van der Waals surface area contributed by atoms with Crippen LogP contribution in [0.1, 0.15) is 18.4 Å². The summed E-state index contributed by atoms with van der Waals surface area (Å²) >= 11 is 0. The lowest BCUT2D eigenvalue weighted by Gasteiger charge is -2.24. The smallest absolute Gasteiger partial charge is 0.240 e. The molecule has 0 radical (unpaired) electrons. The fraction of sp³-hybridized carbons (Fsp3) is 0.538. The monoisotopic (exact) mass is 332 g/mol. The number of hydrogen-bond donors (Lipinski definition) is 2. The van der Waals surface area contributed by atoms with Gasteiger partial charge < -0.3 is 5.32 Å². The lowest BCUT2D eigenvalue weighted by atomic mass is 10.1. The van der Waals surface area contributed by atoms with E-state index >= 15 is 0 Å². The molecule has 0 atom stereocenters. The van der Waals surface area contributed by atoms with E-state index < -0.39 is 19.9 Å². The van der Waals surface area contributed by atoms with Crippen LogP contribution in [0.4, 0.5) is 5.69 Å². The summed E-state index contributed by atoms with van der Waals surface area (Å²) in [4.78, 5) is 0.235. The number of rotatable bonds is 4. The van der Waals surface area contributed by atoms with Gasteiger partial charge in [0.2, 0.25) is 10.0 Å². The molecule has 21 heavy (non-hydrogen) atoms. The predicted molar refractivity (Wildman–Crippen MR) is 82.7 cm³/mol. The van der Waals surface area contributed by atoms with Crippen molar-refractivity contribution in [3.8, 4) is 0 Å². The van der Waals surface area contributed by atoms with E-state index in [4.69, 9.17) is 0 Å². The molecule has 0 unspecified atom stereocenters. The van der Waals surface area contributed by atoms with Crippen LogP contribution in [0.25, 0.3) is 0 Å². The van der Waals surface area contributed by atoms with Gasteiger partial charge in [-0.1, -0.05) is 6.07 Å². The summed E-state index contributed by atoms with van der Waals surface area (Å²) in [6, 6.07) is 5.20. The van der Waals surface area contributed by atoms with E-state index in [0.29, 0.717) is 24.1 Å². The van der Waals surface area contributed by atoms with Gasteiger partial charge in [-0.3, -0.25) is 0 Å². The third kappa shape index (κ3) is 3.96. The summed E-state index contributed by atoms with van der Waals surface area (Å²) < 4.78 is 49.0. The highest BCUT2D eigenvalue weighted by molar-refractivity contribution is 7.91. The Bertz CT molecular complexity index is 713. The van der Waals surface area contributed by atoms with E-state index in [1.165, 1.54) is 7.05 Å². The largest absolute Gasteiger partial charge is 0.382 e. The maximum atomic E-state index is 11.9. The first-order valence-corrected chi connectivity index (χ1v) is 10.1. The molecule has 1 saturated heterocycles. The van der Waals surface area contributed by atoms with Gasteiger partial charge in [0.15, 0.2) is 0 Å². The molecular weight excluding hydrogens is 312 g/mol. The first kappa shape index (κ1) is 16.3. The van der Waals surface area contributed by atoms with Gasteiger partial charge in [-0.05, 0) is 44.5 Å². The standard InChI is InChI=1S/C13H20N2O4S2/c1-10-3-4-12(9-13(10)21(18,19)14-2)15-11-5-7-20(16,17)8-6-11/h3-4,9,11,14-15H,5-8H2,1-2H3. The summed E-state index contributed by atoms with van der Waals surface area (Å²) in [5.41, 5.74) is 1.36. The van der Waals surface area contributed by atoms with Gasteiger partial charge in [0.05, 0.1) is 16.4 Å². The van der Waals surface area contributed by atoms with Crippen LogP contribution in [0.15, 0.2) is 23.1 Å². The third-order valence-electron chi connectivity index (χ3n) is 3.67. The molecule has 2 rings (SSSR count). The first-order valence-electron chi connectivity index (χ1n) is 6.75. The molecule has 0 amide bonds. The van der Waals surface area contributed by atoms with Gasteiger partial charge in [0.25, 0.3) is 0 Å². The van der Waals surface area contributed by atoms with Crippen LogP contribution in [0, 0.1) is 6.92 Å². The molecule has 0 saturated carbocycles. The van der Waals surface area contributed by atoms with Crippen molar-refractivity contribution in [2.24, 2.45) is 0 Å². The Morgan fingerprint density at radius 1 is 1.19 bits per heavy atom. The molecule has 0 spiro atoms. The molecular formula is C13H20N2O4S2. The predicted octanol–water partition coefficient (Wildman–Crippen LogP) is 0.892. The van der Waals surface area contributed by atoms with Gasteiger partial charge in [-0.2, -0.15) is 0 Å². The summed E-state index contributed by atoms with van der Waals surface area (Å²) in [6.07, 6.45) is 1.09. The zero-order valence-corrected chi connectivity index (χ0v) is 13.7. The molecule has 1 heterocycles. The highest BCUT2D eigenvalue weighted by Crippen LogP contribution is 2.23. The van der Waals surface area contributed by atoms with Crippen LogP contribution in [0.5, 0.6) is 0 Å². The van der Waals surface area contributed by atoms with Crippen molar-refractivity contribution < 1.29 is 16.8 Å². The summed E-state index contributed by atoms with van der Waals surface area (Å²) in [6.45, 7) is 1.74. The molecule has 1 aliphatic rings. The Morgan fingerprint density at radius 3 is 2.38 bits per heavy atom. The topological polar surface area (TPSA) is 92.3 Å². The Kier molecular flexibility index (Phi) is 4.60. The van der Waals surface area contributed by atoms with E-state index in [1.54, 1.807) is 19.1 Å². The number of nitrogens with one attached hydrogen (secondary N) is 2. The van der Waals surface area contributed by atoms with Gasteiger partial charge in [-0.25, -0.2) is 21.6 Å². The number of sulfonamides is 1. The normalized spacial score (nSPS) is 19.3. The van der Waals surface area contributed by atoms with Crippen LogP contribution in [-0.4, -0.2) is 41.4 Å². The zero-order valence-electron chi connectivity index (χ0n) is 12.1. The van der Waals surface area contributed by atoms with Gasteiger partial charge in [-0.15, -0.1) is 0 Å². The number of aryl methyl sites for hydroxylation is 1. The quantitative estimate of drug-likeness (QED) is 0.854. The molecule has 0 aliphatic carbocycles. The van der Waals surface area contributed by atoms with E-state index in [9.17, 15) is 16.8 Å². The lowest BCUT2D eigenvalue weighted by Crippen LogP contribution is -2.32. The second kappa shape index (κ2) is 5.94. The Hall–Kier alpha value is -1.12. The molecule has 0 bridgehead atoms. The SMILES string of the molecule is CNS(=O)(=O)c1cc(NC2CCS(=O)(=O)CC2)ccc1C. The minimum absolute atomic E-state index is 0.0568. The summed E-state index contributed by atoms with van der Waals surface area (Å²) in [7, 11) is -5.02. The number of anilines is 1. The summed E-state index contributed by atoms with van der Waals surface area (Å²) in [5.74, 6) is 0.358. The minimum Gasteiger partial charge on any atom is -0.382 e. The van der Waals surface area contributed by atoms with Crippen LogP contribution in [0.2, 0.25) is 0 Å². The number of sulfone groups is 1. The molecule has 1 aromatic rings. The molecule has 1 aliphatic heterocycles. The van der Waals surface area contributed by atoms with Crippen molar-refractivity contribution in [2.45, 2.75) is 30.7 Å². The minimum atomic E-state index is -3.50. The van der Waals surface area contributed by atoms with E-state index in [0.717, 1.165) is 0 Å². The van der Waals surface area contributed by atoms with Crippen molar-refractivity contribution in [1.82, 2.24) is 4.72 Å². The van der Waals surface area contributed by atoms with E-state index in [2.05, 4.69) is 10.0 Å². The van der Waals surface area contributed by atoms with Crippen LogP contribution in [-0.2, 0) is 19.9 Å². The second-order valence-corrected chi connectivity index (χ2v) is 9.42. The lowest BCUT2D eigenvalue weighted by molar-refractivity contribution is 0.559. The van der Waals surface area contributed by atoms with Crippen LogP contribution < -0.4 is 10.0 Å². The summed E-state index contributed by atoms with van der Waals surface area (Å²) in [5, 5.41) is 3.23. The van der Waals surface area contributed by atoms with Crippen LogP contribution in [0.3, 0.4) is 0 Å². The van der Waals surface area contributed by atoms with Crippen molar-refractivity contribution in [2.75, 3.05) is 23.9 Å². The second-order valence-electron chi connectivity index (χ2n) is 5.26. The maximum Gasteiger partial charge on any atom is 0.240 e. The maximum absolute atomic E-state index is 11.9. The van der Waals surface area contributed by atoms with Crippen molar-refractivity contribution >= 4 is 25.5 Å². The zero-order chi connectivity index (χ0) is 15.7. The highest BCUT2D eigenvalue weighted by atomic mass is 32.2. The molecule has 118 valence electrons. The molecule has 2 N–H and O–H groups in total. The fourth-order valence-electron chi connectivity index (χ4n) is 2.36. The molecule has 1 fully saturated rings. The van der Waals surface area contributed by atoms with Gasteiger partial charge >= 0.3 is 0 Å².